The lowest BCUT2D eigenvalue weighted by Gasteiger charge is -2.17. The van der Waals surface area contributed by atoms with Gasteiger partial charge in [-0.3, -0.25) is 9.59 Å². The molecular formula is C28H23N3O4S. The summed E-state index contributed by atoms with van der Waals surface area (Å²) in [4.78, 5) is 42.0. The Balaban J connectivity index is 1.29. The first kappa shape index (κ1) is 23.3. The van der Waals surface area contributed by atoms with Crippen molar-refractivity contribution in [2.45, 2.75) is 12.5 Å². The highest BCUT2D eigenvalue weighted by Crippen LogP contribution is 2.23. The molecule has 0 aliphatic carbocycles. The molecule has 5 rings (SSSR count). The molecule has 1 atom stereocenters. The largest absolute Gasteiger partial charge is 0.454 e. The van der Waals surface area contributed by atoms with Crippen molar-refractivity contribution in [3.05, 3.63) is 101 Å². The first-order valence-electron chi connectivity index (χ1n) is 11.4. The summed E-state index contributed by atoms with van der Waals surface area (Å²) < 4.78 is 5.36. The maximum Gasteiger partial charge on any atom is 0.329 e. The summed E-state index contributed by atoms with van der Waals surface area (Å²) in [6, 6.07) is 23.5. The van der Waals surface area contributed by atoms with E-state index in [-0.39, 0.29) is 12.3 Å². The van der Waals surface area contributed by atoms with Crippen LogP contribution in [0, 0.1) is 0 Å². The van der Waals surface area contributed by atoms with Crippen molar-refractivity contribution in [2.75, 3.05) is 11.9 Å². The molecule has 8 heteroatoms. The molecule has 0 radical (unpaired) electrons. The van der Waals surface area contributed by atoms with Crippen LogP contribution in [0.25, 0.3) is 21.7 Å². The van der Waals surface area contributed by atoms with Gasteiger partial charge >= 0.3 is 5.97 Å². The molecule has 0 spiro atoms. The van der Waals surface area contributed by atoms with E-state index in [9.17, 15) is 14.4 Å². The maximum atomic E-state index is 13.1. The van der Waals surface area contributed by atoms with Crippen LogP contribution >= 0.6 is 11.3 Å². The van der Waals surface area contributed by atoms with Crippen molar-refractivity contribution in [3.8, 4) is 0 Å². The molecule has 3 N–H and O–H groups in total. The summed E-state index contributed by atoms with van der Waals surface area (Å²) in [5.41, 5.74) is 2.42. The number of rotatable bonds is 8. The summed E-state index contributed by atoms with van der Waals surface area (Å²) in [6.45, 7) is -0.471. The zero-order chi connectivity index (χ0) is 24.9. The zero-order valence-electron chi connectivity index (χ0n) is 19.2. The van der Waals surface area contributed by atoms with Crippen LogP contribution in [-0.2, 0) is 20.7 Å². The molecular weight excluding hydrogens is 474 g/mol. The van der Waals surface area contributed by atoms with Gasteiger partial charge in [0.25, 0.3) is 11.8 Å². The Labute approximate surface area is 211 Å². The summed E-state index contributed by atoms with van der Waals surface area (Å²) in [5.74, 6) is -1.51. The molecule has 0 saturated heterocycles. The van der Waals surface area contributed by atoms with E-state index >= 15 is 0 Å². The van der Waals surface area contributed by atoms with Crippen LogP contribution in [0.15, 0.2) is 90.4 Å². The predicted molar refractivity (Wildman–Crippen MR) is 141 cm³/mol. The van der Waals surface area contributed by atoms with Crippen LogP contribution in [0.5, 0.6) is 0 Å². The SMILES string of the molecule is O=C(COC(=O)[C@H](Cc1c[nH]c2ccccc12)NC(=O)c1cccs1)Nc1cccc2ccccc12. The normalized spacial score (nSPS) is 11.8. The molecule has 0 aliphatic rings. The number of fused-ring (bicyclic) bond motifs is 2. The third-order valence-corrected chi connectivity index (χ3v) is 6.71. The molecule has 2 amide bonds. The Hall–Kier alpha value is -4.43. The standard InChI is InChI=1S/C28H23N3O4S/c32-26(30-23-12-5-8-18-7-1-2-9-20(18)23)17-35-28(34)24(31-27(33)25-13-6-14-36-25)15-19-16-29-22-11-4-3-10-21(19)22/h1-14,16,24,29H,15,17H2,(H,30,32)(H,31,33)/t24-/m0/s1. The first-order valence-corrected chi connectivity index (χ1v) is 12.3. The van der Waals surface area contributed by atoms with E-state index in [4.69, 9.17) is 4.74 Å². The molecule has 5 aromatic rings. The van der Waals surface area contributed by atoms with E-state index < -0.39 is 24.5 Å². The molecule has 0 aliphatic heterocycles. The van der Waals surface area contributed by atoms with Crippen LogP contribution in [0.4, 0.5) is 5.69 Å². The molecule has 36 heavy (non-hydrogen) atoms. The van der Waals surface area contributed by atoms with Crippen LogP contribution < -0.4 is 10.6 Å². The quantitative estimate of drug-likeness (QED) is 0.265. The van der Waals surface area contributed by atoms with Gasteiger partial charge in [-0.05, 0) is 34.5 Å². The van der Waals surface area contributed by atoms with E-state index in [1.54, 1.807) is 23.6 Å². The van der Waals surface area contributed by atoms with Crippen LogP contribution in [0.1, 0.15) is 15.2 Å². The smallest absolute Gasteiger partial charge is 0.329 e. The van der Waals surface area contributed by atoms with Gasteiger partial charge in [0.05, 0.1) is 4.88 Å². The molecule has 0 saturated carbocycles. The Morgan fingerprint density at radius 3 is 2.50 bits per heavy atom. The number of aromatic amines is 1. The molecule has 2 heterocycles. The maximum absolute atomic E-state index is 13.1. The van der Waals surface area contributed by atoms with Crippen molar-refractivity contribution in [3.63, 3.8) is 0 Å². The minimum absolute atomic E-state index is 0.213. The van der Waals surface area contributed by atoms with E-state index in [0.717, 1.165) is 27.2 Å². The van der Waals surface area contributed by atoms with E-state index in [1.807, 2.05) is 66.9 Å². The lowest BCUT2D eigenvalue weighted by molar-refractivity contribution is -0.149. The molecule has 3 aromatic carbocycles. The topological polar surface area (TPSA) is 100 Å². The second-order valence-corrected chi connectivity index (χ2v) is 9.20. The third kappa shape index (κ3) is 5.13. The van der Waals surface area contributed by atoms with Gasteiger partial charge in [-0.2, -0.15) is 0 Å². The summed E-state index contributed by atoms with van der Waals surface area (Å²) in [6.07, 6.45) is 2.03. The van der Waals surface area contributed by atoms with Crippen molar-refractivity contribution in [1.82, 2.24) is 10.3 Å². The zero-order valence-corrected chi connectivity index (χ0v) is 20.0. The van der Waals surface area contributed by atoms with Crippen molar-refractivity contribution in [2.24, 2.45) is 0 Å². The number of carbonyl (C=O) groups is 3. The van der Waals surface area contributed by atoms with Gasteiger partial charge in [-0.15, -0.1) is 11.3 Å². The number of ether oxygens (including phenoxy) is 1. The minimum atomic E-state index is -0.968. The van der Waals surface area contributed by atoms with E-state index in [0.29, 0.717) is 10.6 Å². The number of thiophene rings is 1. The van der Waals surface area contributed by atoms with Gasteiger partial charge in [0.1, 0.15) is 6.04 Å². The highest BCUT2D eigenvalue weighted by atomic mass is 32.1. The molecule has 7 nitrogen and oxygen atoms in total. The number of amides is 2. The number of aromatic nitrogens is 1. The van der Waals surface area contributed by atoms with E-state index in [1.165, 1.54) is 11.3 Å². The number of H-pyrrole nitrogens is 1. The summed E-state index contributed by atoms with van der Waals surface area (Å²) in [7, 11) is 0. The second kappa shape index (κ2) is 10.5. The predicted octanol–water partition coefficient (Wildman–Crippen LogP) is 4.91. The number of hydrogen-bond acceptors (Lipinski definition) is 5. The fraction of sp³-hybridized carbons (Fsp3) is 0.107. The number of esters is 1. The first-order chi connectivity index (χ1) is 17.6. The highest BCUT2D eigenvalue weighted by molar-refractivity contribution is 7.12. The van der Waals surface area contributed by atoms with Gasteiger partial charge in [-0.1, -0.05) is 60.7 Å². The van der Waals surface area contributed by atoms with Gasteiger partial charge in [0.15, 0.2) is 6.61 Å². The van der Waals surface area contributed by atoms with Crippen molar-refractivity contribution >= 4 is 56.5 Å². The number of benzene rings is 3. The minimum Gasteiger partial charge on any atom is -0.454 e. The van der Waals surface area contributed by atoms with Crippen LogP contribution in [-0.4, -0.2) is 35.4 Å². The van der Waals surface area contributed by atoms with Crippen molar-refractivity contribution < 1.29 is 19.1 Å². The molecule has 180 valence electrons. The number of hydrogen-bond donors (Lipinski definition) is 3. The Bertz CT molecular complexity index is 1540. The number of carbonyl (C=O) groups excluding carboxylic acids is 3. The second-order valence-electron chi connectivity index (χ2n) is 8.25. The lowest BCUT2D eigenvalue weighted by Crippen LogP contribution is -2.43. The Morgan fingerprint density at radius 1 is 0.889 bits per heavy atom. The fourth-order valence-electron chi connectivity index (χ4n) is 4.11. The summed E-state index contributed by atoms with van der Waals surface area (Å²) >= 11 is 1.28. The molecule has 2 aromatic heterocycles. The molecule has 0 unspecified atom stereocenters. The average Bonchev–Trinajstić information content (AvgIpc) is 3.58. The van der Waals surface area contributed by atoms with Gasteiger partial charge in [0.2, 0.25) is 0 Å². The van der Waals surface area contributed by atoms with Gasteiger partial charge in [-0.25, -0.2) is 4.79 Å². The van der Waals surface area contributed by atoms with E-state index in [2.05, 4.69) is 15.6 Å². The number of anilines is 1. The van der Waals surface area contributed by atoms with Gasteiger partial charge < -0.3 is 20.4 Å². The summed E-state index contributed by atoms with van der Waals surface area (Å²) in [5, 5.41) is 10.2. The Kier molecular flexibility index (Phi) is 6.77. The third-order valence-electron chi connectivity index (χ3n) is 5.84. The average molecular weight is 498 g/mol. The molecule has 0 fully saturated rings. The lowest BCUT2D eigenvalue weighted by atomic mass is 10.0. The molecule has 0 bridgehead atoms. The Morgan fingerprint density at radius 2 is 1.67 bits per heavy atom. The van der Waals surface area contributed by atoms with Gasteiger partial charge in [0, 0.05) is 34.6 Å². The highest BCUT2D eigenvalue weighted by Gasteiger charge is 2.25. The van der Waals surface area contributed by atoms with Crippen LogP contribution in [0.2, 0.25) is 0 Å². The number of para-hydroxylation sites is 1. The fourth-order valence-corrected chi connectivity index (χ4v) is 4.74. The monoisotopic (exact) mass is 497 g/mol. The van der Waals surface area contributed by atoms with Crippen molar-refractivity contribution in [1.29, 1.82) is 0 Å². The van der Waals surface area contributed by atoms with Crippen LogP contribution in [0.3, 0.4) is 0 Å². The number of nitrogens with one attached hydrogen (secondary N) is 3.